The average molecular weight is 225 g/mol. The molecule has 0 spiro atoms. The van der Waals surface area contributed by atoms with Crippen molar-refractivity contribution < 1.29 is 5.11 Å². The monoisotopic (exact) mass is 225 g/mol. The zero-order valence-electron chi connectivity index (χ0n) is 11.1. The van der Waals surface area contributed by atoms with Crippen molar-refractivity contribution in [3.63, 3.8) is 0 Å². The van der Waals surface area contributed by atoms with Crippen molar-refractivity contribution in [3.05, 3.63) is 0 Å². The van der Waals surface area contributed by atoms with Gasteiger partial charge in [0.25, 0.3) is 0 Å². The predicted molar refractivity (Wildman–Crippen MR) is 67.3 cm³/mol. The minimum absolute atomic E-state index is 0.377. The first-order valence-electron chi connectivity index (χ1n) is 6.85. The molecular weight excluding hydrogens is 198 g/mol. The Labute approximate surface area is 100 Å². The SMILES string of the molecule is C[C@@H]1C[C@H](N2CC[C@@H](CO)C2)CC(C)(C)C1. The fourth-order valence-corrected chi connectivity index (χ4v) is 3.92. The van der Waals surface area contributed by atoms with Crippen molar-refractivity contribution in [3.8, 4) is 0 Å². The maximum Gasteiger partial charge on any atom is 0.0471 e. The van der Waals surface area contributed by atoms with Crippen LogP contribution in [0.4, 0.5) is 0 Å². The molecule has 16 heavy (non-hydrogen) atoms. The highest BCUT2D eigenvalue weighted by Crippen LogP contribution is 2.41. The van der Waals surface area contributed by atoms with Crippen LogP contribution in [0.15, 0.2) is 0 Å². The summed E-state index contributed by atoms with van der Waals surface area (Å²) in [6, 6.07) is 0.773. The molecule has 0 aromatic heterocycles. The van der Waals surface area contributed by atoms with Gasteiger partial charge >= 0.3 is 0 Å². The van der Waals surface area contributed by atoms with Gasteiger partial charge in [0.15, 0.2) is 0 Å². The molecule has 1 saturated heterocycles. The van der Waals surface area contributed by atoms with Crippen LogP contribution in [0.2, 0.25) is 0 Å². The third-order valence-electron chi connectivity index (χ3n) is 4.46. The van der Waals surface area contributed by atoms with E-state index in [0.29, 0.717) is 17.9 Å². The average Bonchev–Trinajstić information content (AvgIpc) is 2.62. The normalized spacial score (nSPS) is 40.1. The fraction of sp³-hybridized carbons (Fsp3) is 1.00. The van der Waals surface area contributed by atoms with E-state index in [9.17, 15) is 5.11 Å². The highest BCUT2D eigenvalue weighted by atomic mass is 16.3. The number of nitrogens with zero attached hydrogens (tertiary/aromatic N) is 1. The van der Waals surface area contributed by atoms with Crippen molar-refractivity contribution in [2.45, 2.75) is 52.5 Å². The molecule has 0 radical (unpaired) electrons. The zero-order valence-corrected chi connectivity index (χ0v) is 11.1. The van der Waals surface area contributed by atoms with E-state index in [1.807, 2.05) is 0 Å². The molecule has 1 aliphatic heterocycles. The van der Waals surface area contributed by atoms with E-state index in [1.54, 1.807) is 0 Å². The van der Waals surface area contributed by atoms with Crippen LogP contribution in [0, 0.1) is 17.3 Å². The van der Waals surface area contributed by atoms with Crippen LogP contribution < -0.4 is 0 Å². The first kappa shape index (κ1) is 12.4. The molecule has 0 aromatic rings. The summed E-state index contributed by atoms with van der Waals surface area (Å²) in [6.07, 6.45) is 5.28. The minimum atomic E-state index is 0.377. The van der Waals surface area contributed by atoms with Crippen LogP contribution in [0.1, 0.15) is 46.5 Å². The molecule has 2 nitrogen and oxygen atoms in total. The van der Waals surface area contributed by atoms with Crippen LogP contribution in [-0.4, -0.2) is 35.7 Å². The van der Waals surface area contributed by atoms with Gasteiger partial charge in [0.2, 0.25) is 0 Å². The Morgan fingerprint density at radius 2 is 2.06 bits per heavy atom. The predicted octanol–water partition coefficient (Wildman–Crippen LogP) is 2.52. The lowest BCUT2D eigenvalue weighted by atomic mass is 9.70. The van der Waals surface area contributed by atoms with Crippen molar-refractivity contribution in [2.24, 2.45) is 17.3 Å². The summed E-state index contributed by atoms with van der Waals surface area (Å²) in [6.45, 7) is 9.93. The standard InChI is InChI=1S/C14H27NO/c1-11-6-13(8-14(2,3)7-11)15-5-4-12(9-15)10-16/h11-13,16H,4-10H2,1-3H3/t11-,12-,13+/m1/s1. The molecule has 3 atom stereocenters. The van der Waals surface area contributed by atoms with E-state index >= 15 is 0 Å². The maximum atomic E-state index is 9.21. The second-order valence-corrected chi connectivity index (χ2v) is 6.90. The molecule has 2 fully saturated rings. The lowest BCUT2D eigenvalue weighted by Crippen LogP contribution is -2.42. The number of rotatable bonds is 2. The molecule has 2 heteroatoms. The molecule has 1 saturated carbocycles. The third-order valence-corrected chi connectivity index (χ3v) is 4.46. The molecule has 0 amide bonds. The summed E-state index contributed by atoms with van der Waals surface area (Å²) in [7, 11) is 0. The van der Waals surface area contributed by atoms with Crippen LogP contribution in [0.3, 0.4) is 0 Å². The Balaban J connectivity index is 1.94. The van der Waals surface area contributed by atoms with Gasteiger partial charge in [0, 0.05) is 19.2 Å². The highest BCUT2D eigenvalue weighted by molar-refractivity contribution is 4.90. The third kappa shape index (κ3) is 2.78. The molecule has 1 heterocycles. The second kappa shape index (κ2) is 4.66. The van der Waals surface area contributed by atoms with Gasteiger partial charge in [-0.25, -0.2) is 0 Å². The molecule has 0 unspecified atom stereocenters. The summed E-state index contributed by atoms with van der Waals surface area (Å²) in [5.41, 5.74) is 0.514. The van der Waals surface area contributed by atoms with Gasteiger partial charge in [-0.15, -0.1) is 0 Å². The number of hydrogen-bond acceptors (Lipinski definition) is 2. The summed E-state index contributed by atoms with van der Waals surface area (Å²) in [5, 5.41) is 9.21. The molecule has 2 rings (SSSR count). The molecule has 1 N–H and O–H groups in total. The van der Waals surface area contributed by atoms with Crippen LogP contribution >= 0.6 is 0 Å². The quantitative estimate of drug-likeness (QED) is 0.780. The van der Waals surface area contributed by atoms with E-state index in [2.05, 4.69) is 25.7 Å². The Hall–Kier alpha value is -0.0800. The molecule has 0 bridgehead atoms. The Kier molecular flexibility index (Phi) is 3.60. The van der Waals surface area contributed by atoms with Gasteiger partial charge in [-0.2, -0.15) is 0 Å². The molecule has 0 aromatic carbocycles. The van der Waals surface area contributed by atoms with E-state index < -0.39 is 0 Å². The van der Waals surface area contributed by atoms with Gasteiger partial charge in [-0.3, -0.25) is 4.90 Å². The lowest BCUT2D eigenvalue weighted by molar-refractivity contribution is 0.0772. The van der Waals surface area contributed by atoms with Gasteiger partial charge in [0.05, 0.1) is 0 Å². The summed E-state index contributed by atoms with van der Waals surface area (Å²) >= 11 is 0. The number of aliphatic hydroxyl groups excluding tert-OH is 1. The topological polar surface area (TPSA) is 23.5 Å². The molecular formula is C14H27NO. The van der Waals surface area contributed by atoms with E-state index in [0.717, 1.165) is 18.5 Å². The summed E-state index contributed by atoms with van der Waals surface area (Å²) in [4.78, 5) is 2.64. The first-order chi connectivity index (χ1) is 7.50. The smallest absolute Gasteiger partial charge is 0.0471 e. The number of aliphatic hydroxyl groups is 1. The Morgan fingerprint density at radius 1 is 1.31 bits per heavy atom. The van der Waals surface area contributed by atoms with Crippen LogP contribution in [0.25, 0.3) is 0 Å². The Morgan fingerprint density at radius 3 is 2.62 bits per heavy atom. The van der Waals surface area contributed by atoms with Crippen molar-refractivity contribution >= 4 is 0 Å². The largest absolute Gasteiger partial charge is 0.396 e. The number of likely N-dealkylation sites (tertiary alicyclic amines) is 1. The molecule has 2 aliphatic rings. The lowest BCUT2D eigenvalue weighted by Gasteiger charge is -2.43. The molecule has 94 valence electrons. The fourth-order valence-electron chi connectivity index (χ4n) is 3.92. The highest BCUT2D eigenvalue weighted by Gasteiger charge is 2.37. The van der Waals surface area contributed by atoms with Crippen LogP contribution in [0.5, 0.6) is 0 Å². The van der Waals surface area contributed by atoms with Crippen molar-refractivity contribution in [1.82, 2.24) is 4.90 Å². The van der Waals surface area contributed by atoms with Gasteiger partial charge in [-0.1, -0.05) is 20.8 Å². The van der Waals surface area contributed by atoms with E-state index in [4.69, 9.17) is 0 Å². The van der Waals surface area contributed by atoms with Gasteiger partial charge < -0.3 is 5.11 Å². The van der Waals surface area contributed by atoms with E-state index in [1.165, 1.54) is 32.2 Å². The van der Waals surface area contributed by atoms with Gasteiger partial charge in [0.1, 0.15) is 0 Å². The maximum absolute atomic E-state index is 9.21. The number of hydrogen-bond donors (Lipinski definition) is 1. The Bertz CT molecular complexity index is 239. The molecule has 1 aliphatic carbocycles. The van der Waals surface area contributed by atoms with Crippen LogP contribution in [-0.2, 0) is 0 Å². The van der Waals surface area contributed by atoms with Crippen molar-refractivity contribution in [2.75, 3.05) is 19.7 Å². The summed E-state index contributed by atoms with van der Waals surface area (Å²) in [5.74, 6) is 1.40. The summed E-state index contributed by atoms with van der Waals surface area (Å²) < 4.78 is 0. The minimum Gasteiger partial charge on any atom is -0.396 e. The second-order valence-electron chi connectivity index (χ2n) is 6.90. The van der Waals surface area contributed by atoms with Gasteiger partial charge in [-0.05, 0) is 49.5 Å². The van der Waals surface area contributed by atoms with Crippen molar-refractivity contribution in [1.29, 1.82) is 0 Å². The first-order valence-corrected chi connectivity index (χ1v) is 6.85. The zero-order chi connectivity index (χ0) is 11.8. The van der Waals surface area contributed by atoms with E-state index in [-0.39, 0.29) is 0 Å².